The number of aromatic nitrogens is 2. The lowest BCUT2D eigenvalue weighted by atomic mass is 10.1. The van der Waals surface area contributed by atoms with E-state index in [-0.39, 0.29) is 5.82 Å². The SMILES string of the molecule is C=O.CC(C)C.CN1CCCCC1.CO.COc1cc2ncnc(Nc3cccc(C)c3F)c2cc1OC. The number of aryl methyl sites for hydroxylation is 1. The Bertz CT molecular complexity index is 1060. The van der Waals surface area contributed by atoms with Crippen LogP contribution in [0.15, 0.2) is 36.7 Å². The molecule has 2 heterocycles. The second-order valence-electron chi connectivity index (χ2n) is 9.10. The minimum atomic E-state index is -0.306. The summed E-state index contributed by atoms with van der Waals surface area (Å²) in [6, 6.07) is 8.69. The minimum Gasteiger partial charge on any atom is -0.493 e. The van der Waals surface area contributed by atoms with Gasteiger partial charge < -0.3 is 29.6 Å². The lowest BCUT2D eigenvalue weighted by Gasteiger charge is -2.20. The van der Waals surface area contributed by atoms with Gasteiger partial charge in [-0.3, -0.25) is 0 Å². The number of methoxy groups -OCH3 is 2. The first-order chi connectivity index (χ1) is 18.3. The molecule has 212 valence electrons. The number of rotatable bonds is 4. The number of carbonyl (C=O) groups excluding carboxylic acids is 1. The van der Waals surface area contributed by atoms with Crippen molar-refractivity contribution < 1.29 is 23.8 Å². The van der Waals surface area contributed by atoms with Gasteiger partial charge in [0.2, 0.25) is 0 Å². The van der Waals surface area contributed by atoms with E-state index < -0.39 is 0 Å². The summed E-state index contributed by atoms with van der Waals surface area (Å²) in [7, 11) is 6.31. The quantitative estimate of drug-likeness (QED) is 0.421. The zero-order chi connectivity index (χ0) is 29.1. The van der Waals surface area contributed by atoms with Gasteiger partial charge in [-0.05, 0) is 63.5 Å². The monoisotopic (exact) mass is 532 g/mol. The molecule has 4 rings (SSSR count). The number of ether oxygens (including phenoxy) is 2. The van der Waals surface area contributed by atoms with Gasteiger partial charge in [0.15, 0.2) is 11.5 Å². The molecule has 0 spiro atoms. The fourth-order valence-electron chi connectivity index (χ4n) is 3.41. The summed E-state index contributed by atoms with van der Waals surface area (Å²) in [4.78, 5) is 18.8. The van der Waals surface area contributed by atoms with E-state index in [1.807, 2.05) is 6.79 Å². The predicted octanol–water partition coefficient (Wildman–Crippen LogP) is 6.03. The molecule has 0 aliphatic carbocycles. The van der Waals surface area contributed by atoms with Crippen molar-refractivity contribution >= 4 is 29.2 Å². The van der Waals surface area contributed by atoms with Crippen molar-refractivity contribution in [2.75, 3.05) is 46.8 Å². The summed E-state index contributed by atoms with van der Waals surface area (Å²) in [5.41, 5.74) is 1.60. The van der Waals surface area contributed by atoms with Crippen LogP contribution in [-0.2, 0) is 4.79 Å². The van der Waals surface area contributed by atoms with Crippen LogP contribution in [0.2, 0.25) is 0 Å². The summed E-state index contributed by atoms with van der Waals surface area (Å²) in [5, 5.41) is 10.7. The van der Waals surface area contributed by atoms with Gasteiger partial charge in [0.05, 0.1) is 25.4 Å². The van der Waals surface area contributed by atoms with Gasteiger partial charge in [0.1, 0.15) is 24.8 Å². The molecule has 0 bridgehead atoms. The van der Waals surface area contributed by atoms with Crippen molar-refractivity contribution in [1.82, 2.24) is 14.9 Å². The maximum Gasteiger partial charge on any atom is 0.162 e. The van der Waals surface area contributed by atoms with E-state index in [0.29, 0.717) is 39.5 Å². The largest absolute Gasteiger partial charge is 0.493 e. The highest BCUT2D eigenvalue weighted by molar-refractivity contribution is 5.93. The van der Waals surface area contributed by atoms with Crippen LogP contribution in [0.5, 0.6) is 11.5 Å². The number of piperidine rings is 1. The van der Waals surface area contributed by atoms with Crippen LogP contribution in [0.4, 0.5) is 15.9 Å². The van der Waals surface area contributed by atoms with Crippen LogP contribution >= 0.6 is 0 Å². The normalized spacial score (nSPS) is 12.3. The van der Waals surface area contributed by atoms with Crippen LogP contribution in [0.1, 0.15) is 45.6 Å². The average molecular weight is 533 g/mol. The third-order valence-corrected chi connectivity index (χ3v) is 5.17. The first-order valence-corrected chi connectivity index (χ1v) is 12.6. The molecule has 0 radical (unpaired) electrons. The molecule has 0 amide bonds. The summed E-state index contributed by atoms with van der Waals surface area (Å²) in [6.07, 6.45) is 5.70. The number of hydrogen-bond acceptors (Lipinski definition) is 8. The predicted molar refractivity (Wildman–Crippen MR) is 154 cm³/mol. The highest BCUT2D eigenvalue weighted by Crippen LogP contribution is 2.34. The van der Waals surface area contributed by atoms with Crippen LogP contribution in [-0.4, -0.2) is 68.2 Å². The lowest BCUT2D eigenvalue weighted by Crippen LogP contribution is -2.24. The van der Waals surface area contributed by atoms with Crippen LogP contribution in [0.3, 0.4) is 0 Å². The Balaban J connectivity index is 0.000000753. The van der Waals surface area contributed by atoms with E-state index in [0.717, 1.165) is 13.0 Å². The summed E-state index contributed by atoms with van der Waals surface area (Å²) < 4.78 is 24.8. The second-order valence-corrected chi connectivity index (χ2v) is 9.10. The molecule has 1 aromatic heterocycles. The van der Waals surface area contributed by atoms with Gasteiger partial charge in [0.25, 0.3) is 0 Å². The third-order valence-electron chi connectivity index (χ3n) is 5.17. The maximum atomic E-state index is 14.2. The van der Waals surface area contributed by atoms with E-state index >= 15 is 0 Å². The Morgan fingerprint density at radius 1 is 1.00 bits per heavy atom. The molecule has 0 saturated carbocycles. The number of nitrogens with one attached hydrogen (secondary N) is 1. The number of anilines is 2. The standard InChI is InChI=1S/C17H16FN3O2.C6H13N.C4H10.CH4O.CH2O/c1-10-5-4-6-12(16(10)18)21-17-11-7-14(22-2)15(23-3)8-13(11)19-9-20-17;1-7-5-3-2-4-6-7;1-4(2)3;2*1-2/h4-9H,1-3H3,(H,19,20,21);2-6H2,1H3;4H,1-3H3;2H,1H3;1H2. The molecular formula is C29H45FN4O4. The first-order valence-electron chi connectivity index (χ1n) is 12.6. The van der Waals surface area contributed by atoms with E-state index in [2.05, 4.69) is 48.0 Å². The van der Waals surface area contributed by atoms with Crippen LogP contribution in [0.25, 0.3) is 10.9 Å². The number of halogens is 1. The van der Waals surface area contributed by atoms with Crippen molar-refractivity contribution in [2.24, 2.45) is 5.92 Å². The second kappa shape index (κ2) is 19.8. The van der Waals surface area contributed by atoms with Crippen molar-refractivity contribution in [3.05, 3.63) is 48.0 Å². The summed E-state index contributed by atoms with van der Waals surface area (Å²) in [6.45, 7) is 12.9. The molecule has 2 aromatic carbocycles. The van der Waals surface area contributed by atoms with E-state index in [1.54, 1.807) is 51.5 Å². The minimum absolute atomic E-state index is 0.306. The highest BCUT2D eigenvalue weighted by Gasteiger charge is 2.13. The molecule has 3 aromatic rings. The number of aliphatic hydroxyl groups excluding tert-OH is 1. The Morgan fingerprint density at radius 2 is 1.55 bits per heavy atom. The smallest absolute Gasteiger partial charge is 0.162 e. The molecule has 1 aliphatic heterocycles. The first kappa shape index (κ1) is 34.7. The van der Waals surface area contributed by atoms with Gasteiger partial charge >= 0.3 is 0 Å². The molecule has 8 nitrogen and oxygen atoms in total. The van der Waals surface area contributed by atoms with Gasteiger partial charge in [-0.25, -0.2) is 14.4 Å². The highest BCUT2D eigenvalue weighted by atomic mass is 19.1. The zero-order valence-corrected chi connectivity index (χ0v) is 24.2. The topological polar surface area (TPSA) is 96.8 Å². The number of fused-ring (bicyclic) bond motifs is 1. The molecule has 1 aliphatic rings. The molecular weight excluding hydrogens is 487 g/mol. The number of nitrogens with zero attached hydrogens (tertiary/aromatic N) is 3. The van der Waals surface area contributed by atoms with E-state index in [9.17, 15) is 4.39 Å². The number of benzene rings is 2. The Labute approximate surface area is 227 Å². The number of hydrogen-bond donors (Lipinski definition) is 2. The number of likely N-dealkylation sites (tertiary alicyclic amines) is 1. The Hall–Kier alpha value is -3.30. The fourth-order valence-corrected chi connectivity index (χ4v) is 3.41. The maximum absolute atomic E-state index is 14.2. The van der Waals surface area contributed by atoms with Gasteiger partial charge in [-0.15, -0.1) is 0 Å². The lowest BCUT2D eigenvalue weighted by molar-refractivity contribution is -0.0980. The summed E-state index contributed by atoms with van der Waals surface area (Å²) >= 11 is 0. The van der Waals surface area contributed by atoms with Gasteiger partial charge in [0, 0.05) is 18.6 Å². The van der Waals surface area contributed by atoms with Crippen molar-refractivity contribution in [3.8, 4) is 11.5 Å². The van der Waals surface area contributed by atoms with E-state index in [1.165, 1.54) is 38.7 Å². The van der Waals surface area contributed by atoms with Gasteiger partial charge in [-0.1, -0.05) is 39.3 Å². The average Bonchev–Trinajstić information content (AvgIpc) is 2.93. The van der Waals surface area contributed by atoms with Gasteiger partial charge in [-0.2, -0.15) is 0 Å². The number of aliphatic hydroxyl groups is 1. The Morgan fingerprint density at radius 3 is 2.05 bits per heavy atom. The summed E-state index contributed by atoms with van der Waals surface area (Å²) in [5.74, 6) is 2.16. The molecule has 38 heavy (non-hydrogen) atoms. The molecule has 9 heteroatoms. The molecule has 1 saturated heterocycles. The number of carbonyl (C=O) groups is 1. The van der Waals surface area contributed by atoms with Crippen molar-refractivity contribution in [3.63, 3.8) is 0 Å². The van der Waals surface area contributed by atoms with Crippen LogP contribution < -0.4 is 14.8 Å². The molecule has 0 atom stereocenters. The van der Waals surface area contributed by atoms with Crippen LogP contribution in [0, 0.1) is 18.7 Å². The molecule has 2 N–H and O–H groups in total. The fraction of sp³-hybridized carbons (Fsp3) is 0.483. The third kappa shape index (κ3) is 11.8. The van der Waals surface area contributed by atoms with Crippen molar-refractivity contribution in [2.45, 2.75) is 47.0 Å². The van der Waals surface area contributed by atoms with Crippen molar-refractivity contribution in [1.29, 1.82) is 0 Å². The zero-order valence-electron chi connectivity index (χ0n) is 24.2. The molecule has 1 fully saturated rings. The Kier molecular flexibility index (Phi) is 18.0. The van der Waals surface area contributed by atoms with E-state index in [4.69, 9.17) is 19.4 Å². The molecule has 0 unspecified atom stereocenters.